The van der Waals surface area contributed by atoms with Crippen molar-refractivity contribution >= 4 is 16.7 Å². The van der Waals surface area contributed by atoms with E-state index in [1.807, 2.05) is 48.5 Å². The van der Waals surface area contributed by atoms with Crippen molar-refractivity contribution in [1.29, 1.82) is 5.26 Å². The predicted octanol–water partition coefficient (Wildman–Crippen LogP) is 6.92. The zero-order valence-corrected chi connectivity index (χ0v) is 22.4. The summed E-state index contributed by atoms with van der Waals surface area (Å²) in [5.74, 6) is -0.151. The molecule has 1 unspecified atom stereocenters. The highest BCUT2D eigenvalue weighted by atomic mass is 19.1. The quantitative estimate of drug-likeness (QED) is 0.173. The maximum Gasteiger partial charge on any atom is 0.315 e. The average molecular weight is 557 g/mol. The van der Waals surface area contributed by atoms with Crippen LogP contribution < -0.4 is 19.9 Å². The number of benzene rings is 5. The number of halogens is 1. The Bertz CT molecular complexity index is 1890. The van der Waals surface area contributed by atoms with Gasteiger partial charge < -0.3 is 19.9 Å². The van der Waals surface area contributed by atoms with Crippen molar-refractivity contribution in [1.82, 2.24) is 0 Å². The zero-order chi connectivity index (χ0) is 29.1. The van der Waals surface area contributed by atoms with Gasteiger partial charge in [0.2, 0.25) is 5.88 Å². The van der Waals surface area contributed by atoms with Crippen LogP contribution in [0.5, 0.6) is 17.2 Å². The number of nitrogens with zero attached hydrogens (tertiary/aromatic N) is 1. The lowest BCUT2D eigenvalue weighted by Gasteiger charge is -2.27. The fraction of sp³-hybridized carbons (Fsp3) is 0.0857. The van der Waals surface area contributed by atoms with Gasteiger partial charge in [0.1, 0.15) is 41.3 Å². The van der Waals surface area contributed by atoms with Crippen LogP contribution >= 0.6 is 0 Å². The molecule has 0 fully saturated rings. The molecule has 0 aliphatic carbocycles. The fourth-order valence-electron chi connectivity index (χ4n) is 5.17. The minimum atomic E-state index is -0.545. The minimum Gasteiger partial charge on any atom is -0.489 e. The Balaban J connectivity index is 1.24. The molecule has 0 saturated carbocycles. The Morgan fingerprint density at radius 3 is 2.50 bits per heavy atom. The second kappa shape index (κ2) is 11.5. The normalized spacial score (nSPS) is 14.0. The summed E-state index contributed by atoms with van der Waals surface area (Å²) in [6.45, 7) is 0.0527. The average Bonchev–Trinajstić information content (AvgIpc) is 3.00. The van der Waals surface area contributed by atoms with Crippen molar-refractivity contribution in [2.45, 2.75) is 18.9 Å². The van der Waals surface area contributed by atoms with E-state index in [1.165, 1.54) is 6.07 Å². The molecule has 1 aliphatic heterocycles. The Labute approximate surface area is 242 Å². The summed E-state index contributed by atoms with van der Waals surface area (Å²) in [4.78, 5) is 12.9. The number of fused-ring (bicyclic) bond motifs is 2. The summed E-state index contributed by atoms with van der Waals surface area (Å²) >= 11 is 0. The third-order valence-electron chi connectivity index (χ3n) is 7.18. The van der Waals surface area contributed by atoms with Crippen LogP contribution in [-0.2, 0) is 17.8 Å². The number of nitriles is 1. The smallest absolute Gasteiger partial charge is 0.315 e. The number of esters is 1. The predicted molar refractivity (Wildman–Crippen MR) is 156 cm³/mol. The standard InChI is InChI=1S/C35H25FN2O4/c36-31-14-4-2-8-25(31)21-40-26-12-6-11-24(17-26)34-29-16-15-27(19-32(29)42-35(38)30(34)20-37)41-33(39)18-23-10-5-9-22-7-1-3-13-28(22)23/h1-17,19,34H,18,21,38H2. The number of hydrogen-bond donors (Lipinski definition) is 1. The van der Waals surface area contributed by atoms with Crippen molar-refractivity contribution in [3.05, 3.63) is 149 Å². The molecule has 6 nitrogen and oxygen atoms in total. The molecule has 206 valence electrons. The number of carbonyl (C=O) groups excluding carboxylic acids is 1. The summed E-state index contributed by atoms with van der Waals surface area (Å²) in [5, 5.41) is 12.0. The lowest BCUT2D eigenvalue weighted by atomic mass is 9.83. The first-order chi connectivity index (χ1) is 20.5. The van der Waals surface area contributed by atoms with E-state index in [4.69, 9.17) is 19.9 Å². The van der Waals surface area contributed by atoms with Gasteiger partial charge in [-0.2, -0.15) is 5.26 Å². The van der Waals surface area contributed by atoms with Crippen molar-refractivity contribution < 1.29 is 23.4 Å². The van der Waals surface area contributed by atoms with E-state index in [1.54, 1.807) is 54.6 Å². The van der Waals surface area contributed by atoms with Crippen LogP contribution in [0.3, 0.4) is 0 Å². The summed E-state index contributed by atoms with van der Waals surface area (Å²) in [6, 6.07) is 34.5. The molecule has 0 bridgehead atoms. The van der Waals surface area contributed by atoms with Crippen LogP contribution in [0, 0.1) is 17.1 Å². The van der Waals surface area contributed by atoms with Gasteiger partial charge in [0, 0.05) is 17.2 Å². The van der Waals surface area contributed by atoms with Crippen LogP contribution in [0.1, 0.15) is 28.2 Å². The molecule has 2 N–H and O–H groups in total. The molecule has 42 heavy (non-hydrogen) atoms. The van der Waals surface area contributed by atoms with Gasteiger partial charge in [0.15, 0.2) is 0 Å². The van der Waals surface area contributed by atoms with E-state index < -0.39 is 11.9 Å². The van der Waals surface area contributed by atoms with Crippen LogP contribution in [0.2, 0.25) is 0 Å². The third-order valence-corrected chi connectivity index (χ3v) is 7.18. The maximum absolute atomic E-state index is 14.1. The van der Waals surface area contributed by atoms with Gasteiger partial charge in [0.25, 0.3) is 0 Å². The molecule has 0 radical (unpaired) electrons. The van der Waals surface area contributed by atoms with Gasteiger partial charge in [-0.1, -0.05) is 78.9 Å². The van der Waals surface area contributed by atoms with Gasteiger partial charge in [0.05, 0.1) is 12.3 Å². The van der Waals surface area contributed by atoms with E-state index in [2.05, 4.69) is 6.07 Å². The summed E-state index contributed by atoms with van der Waals surface area (Å²) in [6.07, 6.45) is 0.0994. The van der Waals surface area contributed by atoms with Crippen LogP contribution in [-0.4, -0.2) is 5.97 Å². The number of rotatable bonds is 7. The van der Waals surface area contributed by atoms with Gasteiger partial charge in [-0.3, -0.25) is 4.79 Å². The van der Waals surface area contributed by atoms with Crippen LogP contribution in [0.25, 0.3) is 10.8 Å². The van der Waals surface area contributed by atoms with E-state index in [0.29, 0.717) is 28.4 Å². The molecular weight excluding hydrogens is 531 g/mol. The molecule has 0 aromatic heterocycles. The fourth-order valence-corrected chi connectivity index (χ4v) is 5.17. The first-order valence-corrected chi connectivity index (χ1v) is 13.3. The lowest BCUT2D eigenvalue weighted by molar-refractivity contribution is -0.133. The highest BCUT2D eigenvalue weighted by molar-refractivity contribution is 5.89. The Morgan fingerprint density at radius 2 is 1.64 bits per heavy atom. The molecule has 5 aromatic rings. The molecule has 7 heteroatoms. The summed E-state index contributed by atoms with van der Waals surface area (Å²) < 4.78 is 31.4. The summed E-state index contributed by atoms with van der Waals surface area (Å²) in [7, 11) is 0. The van der Waals surface area contributed by atoms with Gasteiger partial charge in [-0.25, -0.2) is 4.39 Å². The second-order valence-corrected chi connectivity index (χ2v) is 9.87. The highest BCUT2D eigenvalue weighted by Crippen LogP contribution is 2.44. The Hall–Kier alpha value is -5.61. The molecule has 5 aromatic carbocycles. The molecule has 0 amide bonds. The zero-order valence-electron chi connectivity index (χ0n) is 22.4. The first-order valence-electron chi connectivity index (χ1n) is 13.3. The topological polar surface area (TPSA) is 94.6 Å². The highest BCUT2D eigenvalue weighted by Gasteiger charge is 2.31. The number of ether oxygens (including phenoxy) is 3. The molecule has 1 heterocycles. The first kappa shape index (κ1) is 26.6. The Morgan fingerprint density at radius 1 is 0.881 bits per heavy atom. The third kappa shape index (κ3) is 5.38. The van der Waals surface area contributed by atoms with Crippen molar-refractivity contribution in [2.75, 3.05) is 0 Å². The van der Waals surface area contributed by atoms with E-state index in [0.717, 1.165) is 21.9 Å². The van der Waals surface area contributed by atoms with Gasteiger partial charge in [-0.05, 0) is 46.2 Å². The number of carbonyl (C=O) groups is 1. The van der Waals surface area contributed by atoms with Crippen LogP contribution in [0.4, 0.5) is 4.39 Å². The summed E-state index contributed by atoms with van der Waals surface area (Å²) in [5.41, 5.74) is 9.15. The molecule has 1 aliphatic rings. The number of allylic oxidation sites excluding steroid dienone is 1. The van der Waals surface area contributed by atoms with Crippen LogP contribution in [0.15, 0.2) is 121 Å². The maximum atomic E-state index is 14.1. The molecule has 0 saturated heterocycles. The molecule has 0 spiro atoms. The van der Waals surface area contributed by atoms with Crippen molar-refractivity contribution in [2.24, 2.45) is 5.73 Å². The molecular formula is C35H25FN2O4. The van der Waals surface area contributed by atoms with E-state index >= 15 is 0 Å². The second-order valence-electron chi connectivity index (χ2n) is 9.87. The van der Waals surface area contributed by atoms with Crippen molar-refractivity contribution in [3.63, 3.8) is 0 Å². The molecule has 1 atom stereocenters. The van der Waals surface area contributed by atoms with Gasteiger partial charge in [-0.15, -0.1) is 0 Å². The van der Waals surface area contributed by atoms with E-state index in [-0.39, 0.29) is 30.3 Å². The number of nitrogens with two attached hydrogens (primary N) is 1. The minimum absolute atomic E-state index is 0.0353. The Kier molecular flexibility index (Phi) is 7.27. The van der Waals surface area contributed by atoms with E-state index in [9.17, 15) is 14.4 Å². The monoisotopic (exact) mass is 556 g/mol. The largest absolute Gasteiger partial charge is 0.489 e. The number of hydrogen-bond acceptors (Lipinski definition) is 6. The van der Waals surface area contributed by atoms with Crippen molar-refractivity contribution in [3.8, 4) is 23.3 Å². The SMILES string of the molecule is N#CC1=C(N)Oc2cc(OC(=O)Cc3cccc4ccccc34)ccc2C1c1cccc(OCc2ccccc2F)c1. The van der Waals surface area contributed by atoms with Gasteiger partial charge >= 0.3 is 5.97 Å². The molecule has 6 rings (SSSR count). The lowest BCUT2D eigenvalue weighted by Crippen LogP contribution is -2.21.